The van der Waals surface area contributed by atoms with Crippen molar-refractivity contribution >= 4 is 0 Å². The van der Waals surface area contributed by atoms with E-state index < -0.39 is 0 Å². The molecule has 0 amide bonds. The number of nitrogens with zero attached hydrogens (tertiary/aromatic N) is 3. The van der Waals surface area contributed by atoms with E-state index in [9.17, 15) is 0 Å². The minimum absolute atomic E-state index is 0.346. The summed E-state index contributed by atoms with van der Waals surface area (Å²) in [4.78, 5) is 2.46. The summed E-state index contributed by atoms with van der Waals surface area (Å²) >= 11 is 0. The zero-order valence-electron chi connectivity index (χ0n) is 9.58. The van der Waals surface area contributed by atoms with E-state index >= 15 is 0 Å². The van der Waals surface area contributed by atoms with Crippen LogP contribution >= 0.6 is 0 Å². The number of likely N-dealkylation sites (tertiary alicyclic amines) is 1. The maximum atomic E-state index is 8.83. The average molecular weight is 215 g/mol. The molecule has 0 unspecified atom stereocenters. The third-order valence-corrected chi connectivity index (χ3v) is 3.76. The van der Waals surface area contributed by atoms with Gasteiger partial charge in [0.15, 0.2) is 0 Å². The van der Waals surface area contributed by atoms with Gasteiger partial charge in [0, 0.05) is 19.1 Å². The first-order valence-corrected chi connectivity index (χ1v) is 6.11. The van der Waals surface area contributed by atoms with Crippen LogP contribution < -0.4 is 0 Å². The molecular weight excluding hydrogens is 198 g/mol. The van der Waals surface area contributed by atoms with Crippen LogP contribution in [0.1, 0.15) is 38.5 Å². The molecule has 3 heteroatoms. The fourth-order valence-electron chi connectivity index (χ4n) is 2.83. The van der Waals surface area contributed by atoms with E-state index in [4.69, 9.17) is 10.5 Å². The Hall–Kier alpha value is -1.32. The molecule has 0 atom stereocenters. The Bertz CT molecular complexity index is 348. The standard InChI is InChI=1S/C13H17N3/c14-8-12(9-15)11-6-7-16(10-11)13-4-2-1-3-5-13/h13H,1-7,10H2. The van der Waals surface area contributed by atoms with Crippen LogP contribution in [-0.2, 0) is 0 Å². The molecule has 0 spiro atoms. The molecule has 0 bridgehead atoms. The van der Waals surface area contributed by atoms with E-state index in [1.807, 2.05) is 12.1 Å². The molecular formula is C13H17N3. The van der Waals surface area contributed by atoms with Gasteiger partial charge >= 0.3 is 0 Å². The Kier molecular flexibility index (Phi) is 3.59. The van der Waals surface area contributed by atoms with Crippen molar-refractivity contribution in [3.63, 3.8) is 0 Å². The summed E-state index contributed by atoms with van der Waals surface area (Å²) in [5.74, 6) is 0. The summed E-state index contributed by atoms with van der Waals surface area (Å²) in [5, 5.41) is 17.7. The molecule has 2 aliphatic rings. The molecule has 0 N–H and O–H groups in total. The van der Waals surface area contributed by atoms with Gasteiger partial charge in [-0.1, -0.05) is 19.3 Å². The predicted molar refractivity (Wildman–Crippen MR) is 61.3 cm³/mol. The summed E-state index contributed by atoms with van der Waals surface area (Å²) < 4.78 is 0. The largest absolute Gasteiger partial charge is 0.296 e. The van der Waals surface area contributed by atoms with Crippen LogP contribution in [0.4, 0.5) is 0 Å². The fourth-order valence-corrected chi connectivity index (χ4v) is 2.83. The van der Waals surface area contributed by atoms with Crippen LogP contribution in [0.15, 0.2) is 11.1 Å². The zero-order chi connectivity index (χ0) is 11.4. The van der Waals surface area contributed by atoms with Crippen LogP contribution in [0, 0.1) is 22.7 Å². The first-order chi connectivity index (χ1) is 7.85. The summed E-state index contributed by atoms with van der Waals surface area (Å²) in [6.07, 6.45) is 7.54. The van der Waals surface area contributed by atoms with Gasteiger partial charge in [-0.25, -0.2) is 0 Å². The average Bonchev–Trinajstić information content (AvgIpc) is 2.81. The van der Waals surface area contributed by atoms with Gasteiger partial charge in [-0.15, -0.1) is 0 Å². The van der Waals surface area contributed by atoms with Gasteiger partial charge in [0.2, 0.25) is 0 Å². The zero-order valence-corrected chi connectivity index (χ0v) is 9.58. The quantitative estimate of drug-likeness (QED) is 0.631. The summed E-state index contributed by atoms with van der Waals surface area (Å²) in [6, 6.07) is 4.72. The van der Waals surface area contributed by atoms with E-state index in [1.165, 1.54) is 32.1 Å². The van der Waals surface area contributed by atoms with E-state index in [0.29, 0.717) is 11.6 Å². The highest BCUT2D eigenvalue weighted by atomic mass is 15.2. The van der Waals surface area contributed by atoms with Gasteiger partial charge < -0.3 is 0 Å². The maximum Gasteiger partial charge on any atom is 0.130 e. The lowest BCUT2D eigenvalue weighted by atomic mass is 9.94. The number of rotatable bonds is 1. The molecule has 0 aromatic rings. The van der Waals surface area contributed by atoms with Crippen molar-refractivity contribution < 1.29 is 0 Å². The van der Waals surface area contributed by atoms with Crippen molar-refractivity contribution in [2.45, 2.75) is 44.6 Å². The normalized spacial score (nSPS) is 22.8. The summed E-state index contributed by atoms with van der Waals surface area (Å²) in [7, 11) is 0. The topological polar surface area (TPSA) is 50.8 Å². The van der Waals surface area contributed by atoms with Crippen molar-refractivity contribution in [2.24, 2.45) is 0 Å². The lowest BCUT2D eigenvalue weighted by Gasteiger charge is -2.30. The Labute approximate surface area is 97.0 Å². The molecule has 1 saturated carbocycles. The molecule has 16 heavy (non-hydrogen) atoms. The molecule has 2 rings (SSSR count). The third-order valence-electron chi connectivity index (χ3n) is 3.76. The molecule has 1 saturated heterocycles. The van der Waals surface area contributed by atoms with Crippen LogP contribution in [-0.4, -0.2) is 24.0 Å². The van der Waals surface area contributed by atoms with Crippen molar-refractivity contribution in [3.05, 3.63) is 11.1 Å². The Balaban J connectivity index is 2.00. The van der Waals surface area contributed by atoms with Crippen LogP contribution in [0.3, 0.4) is 0 Å². The summed E-state index contributed by atoms with van der Waals surface area (Å²) in [5.41, 5.74) is 1.40. The first kappa shape index (κ1) is 11.2. The molecule has 0 aromatic heterocycles. The lowest BCUT2D eigenvalue weighted by molar-refractivity contribution is 0.195. The molecule has 1 heterocycles. The minimum Gasteiger partial charge on any atom is -0.296 e. The Morgan fingerprint density at radius 1 is 1.12 bits per heavy atom. The monoisotopic (exact) mass is 215 g/mol. The van der Waals surface area contributed by atoms with Gasteiger partial charge in [0.25, 0.3) is 0 Å². The van der Waals surface area contributed by atoms with E-state index in [2.05, 4.69) is 4.90 Å². The number of allylic oxidation sites excluding steroid dienone is 1. The number of nitriles is 2. The fraction of sp³-hybridized carbons (Fsp3) is 0.692. The highest BCUT2D eigenvalue weighted by Gasteiger charge is 2.27. The molecule has 3 nitrogen and oxygen atoms in total. The number of hydrogen-bond donors (Lipinski definition) is 0. The first-order valence-electron chi connectivity index (χ1n) is 6.11. The second-order valence-electron chi connectivity index (χ2n) is 4.71. The van der Waals surface area contributed by atoms with E-state index in [-0.39, 0.29) is 0 Å². The van der Waals surface area contributed by atoms with Gasteiger partial charge in [-0.2, -0.15) is 10.5 Å². The molecule has 0 radical (unpaired) electrons. The molecule has 1 aliphatic heterocycles. The van der Waals surface area contributed by atoms with Crippen molar-refractivity contribution in [2.75, 3.05) is 13.1 Å². The molecule has 0 aromatic carbocycles. The molecule has 1 aliphatic carbocycles. The molecule has 2 fully saturated rings. The van der Waals surface area contributed by atoms with Crippen molar-refractivity contribution in [1.82, 2.24) is 4.90 Å². The highest BCUT2D eigenvalue weighted by molar-refractivity contribution is 5.41. The molecule has 84 valence electrons. The Morgan fingerprint density at radius 2 is 1.81 bits per heavy atom. The second kappa shape index (κ2) is 5.14. The van der Waals surface area contributed by atoms with Crippen LogP contribution in [0.2, 0.25) is 0 Å². The predicted octanol–water partition coefficient (Wildman–Crippen LogP) is 2.37. The van der Waals surface area contributed by atoms with Gasteiger partial charge in [0.1, 0.15) is 17.7 Å². The van der Waals surface area contributed by atoms with Gasteiger partial charge in [-0.3, -0.25) is 4.90 Å². The SMILES string of the molecule is N#CC(C#N)=C1CCN(C2CCCCC2)C1. The van der Waals surface area contributed by atoms with Crippen molar-refractivity contribution in [3.8, 4) is 12.1 Å². The number of hydrogen-bond acceptors (Lipinski definition) is 3. The highest BCUT2D eigenvalue weighted by Crippen LogP contribution is 2.28. The minimum atomic E-state index is 0.346. The second-order valence-corrected chi connectivity index (χ2v) is 4.71. The van der Waals surface area contributed by atoms with Gasteiger partial charge in [-0.05, 0) is 24.8 Å². The van der Waals surface area contributed by atoms with Crippen LogP contribution in [0.5, 0.6) is 0 Å². The van der Waals surface area contributed by atoms with E-state index in [1.54, 1.807) is 0 Å². The summed E-state index contributed by atoms with van der Waals surface area (Å²) in [6.45, 7) is 1.88. The third kappa shape index (κ3) is 2.26. The maximum absolute atomic E-state index is 8.83. The van der Waals surface area contributed by atoms with E-state index in [0.717, 1.165) is 25.1 Å². The van der Waals surface area contributed by atoms with Crippen LogP contribution in [0.25, 0.3) is 0 Å². The van der Waals surface area contributed by atoms with Crippen molar-refractivity contribution in [1.29, 1.82) is 10.5 Å². The van der Waals surface area contributed by atoms with Gasteiger partial charge in [0.05, 0.1) is 0 Å². The lowest BCUT2D eigenvalue weighted by Crippen LogP contribution is -2.34. The smallest absolute Gasteiger partial charge is 0.130 e. The Morgan fingerprint density at radius 3 is 2.44 bits per heavy atom.